The van der Waals surface area contributed by atoms with E-state index in [1.807, 2.05) is 0 Å². The number of nitrogens with two attached hydrogens (primary N) is 1. The van der Waals surface area contributed by atoms with Crippen LogP contribution in [0.5, 0.6) is 0 Å². The van der Waals surface area contributed by atoms with E-state index < -0.39 is 12.2 Å². The lowest BCUT2D eigenvalue weighted by molar-refractivity contribution is -0.289. The van der Waals surface area contributed by atoms with Crippen LogP contribution in [-0.4, -0.2) is 34.1 Å². The first-order chi connectivity index (χ1) is 13.2. The molecule has 4 saturated carbocycles. The van der Waals surface area contributed by atoms with E-state index in [1.54, 1.807) is 0 Å². The molecular formula is C23H37NO4. The molecule has 28 heavy (non-hydrogen) atoms. The third-order valence-corrected chi connectivity index (χ3v) is 10.5. The van der Waals surface area contributed by atoms with Gasteiger partial charge < -0.3 is 20.7 Å². The van der Waals surface area contributed by atoms with E-state index in [9.17, 15) is 15.0 Å². The van der Waals surface area contributed by atoms with Crippen molar-refractivity contribution >= 4 is 5.97 Å². The van der Waals surface area contributed by atoms with Crippen LogP contribution in [0.4, 0.5) is 0 Å². The molecule has 5 aliphatic rings. The topological polar surface area (TPSA) is 92.8 Å². The number of aliphatic hydroxyl groups is 1. The number of rotatable bonds is 2. The van der Waals surface area contributed by atoms with Crippen molar-refractivity contribution in [2.75, 3.05) is 0 Å². The Labute approximate surface area is 168 Å². The van der Waals surface area contributed by atoms with E-state index >= 15 is 0 Å². The van der Waals surface area contributed by atoms with Crippen LogP contribution >= 0.6 is 0 Å². The highest BCUT2D eigenvalue weighted by atomic mass is 16.5. The van der Waals surface area contributed by atoms with Gasteiger partial charge in [-0.05, 0) is 86.9 Å². The molecule has 1 saturated heterocycles. The van der Waals surface area contributed by atoms with Crippen molar-refractivity contribution in [3.05, 3.63) is 0 Å². The minimum absolute atomic E-state index is 0.0571. The molecule has 4 aliphatic carbocycles. The van der Waals surface area contributed by atoms with Crippen molar-refractivity contribution in [3.63, 3.8) is 0 Å². The number of hydrogen-bond acceptors (Lipinski definition) is 4. The quantitative estimate of drug-likeness (QED) is 0.669. The highest BCUT2D eigenvalue weighted by Crippen LogP contribution is 2.73. The van der Waals surface area contributed by atoms with Crippen LogP contribution in [0.1, 0.15) is 78.1 Å². The minimum atomic E-state index is -0.755. The zero-order valence-electron chi connectivity index (χ0n) is 17.4. The summed E-state index contributed by atoms with van der Waals surface area (Å²) in [7, 11) is 0. The molecule has 5 nitrogen and oxygen atoms in total. The van der Waals surface area contributed by atoms with Crippen molar-refractivity contribution in [1.29, 1.82) is 0 Å². The van der Waals surface area contributed by atoms with Gasteiger partial charge in [0.25, 0.3) is 0 Å². The van der Waals surface area contributed by atoms with E-state index in [0.717, 1.165) is 38.5 Å². The number of carboxylic acid groups (broad SMARTS) is 1. The molecule has 0 spiro atoms. The van der Waals surface area contributed by atoms with Gasteiger partial charge in [0.2, 0.25) is 0 Å². The summed E-state index contributed by atoms with van der Waals surface area (Å²) in [5, 5.41) is 19.7. The average molecular weight is 392 g/mol. The molecule has 10 atom stereocenters. The van der Waals surface area contributed by atoms with Crippen LogP contribution < -0.4 is 5.73 Å². The van der Waals surface area contributed by atoms with Crippen LogP contribution in [-0.2, 0) is 9.53 Å². The maximum atomic E-state index is 11.5. The standard InChI is InChI=1S/C23H37NO4/c1-21-8-5-14(25)11-13(21)3-4-18-17(21)6-9-22(2)16-7-10-23(18,22)28-20(24)15(16)12-19(26)27/h13-18,20,25H,3-12,24H2,1-2H3,(H,26,27)/t13-,14+,15+,16-,17+,18-,20-,21+,22-,23+/m1/s1. The fraction of sp³-hybridized carbons (Fsp3) is 0.957. The van der Waals surface area contributed by atoms with Gasteiger partial charge in [0.05, 0.1) is 18.1 Å². The van der Waals surface area contributed by atoms with Crippen LogP contribution in [0.15, 0.2) is 0 Å². The summed E-state index contributed by atoms with van der Waals surface area (Å²) in [5.41, 5.74) is 6.69. The lowest BCUT2D eigenvalue weighted by atomic mass is 9.42. The Balaban J connectivity index is 1.49. The Morgan fingerprint density at radius 3 is 2.54 bits per heavy atom. The second kappa shape index (κ2) is 6.18. The summed E-state index contributed by atoms with van der Waals surface area (Å²) in [5.74, 6) is 1.36. The molecule has 1 heterocycles. The molecule has 158 valence electrons. The second-order valence-electron chi connectivity index (χ2n) is 11.3. The summed E-state index contributed by atoms with van der Waals surface area (Å²) in [6.45, 7) is 4.88. The molecule has 0 amide bonds. The van der Waals surface area contributed by atoms with Crippen molar-refractivity contribution in [1.82, 2.24) is 0 Å². The normalized spacial score (nSPS) is 57.8. The van der Waals surface area contributed by atoms with Crippen molar-refractivity contribution < 1.29 is 19.7 Å². The van der Waals surface area contributed by atoms with Crippen LogP contribution in [0.25, 0.3) is 0 Å². The van der Waals surface area contributed by atoms with Crippen LogP contribution in [0.3, 0.4) is 0 Å². The molecule has 0 aromatic rings. The van der Waals surface area contributed by atoms with Crippen molar-refractivity contribution in [3.8, 4) is 0 Å². The lowest BCUT2D eigenvalue weighted by Gasteiger charge is -2.67. The largest absolute Gasteiger partial charge is 0.481 e. The molecule has 0 aromatic heterocycles. The van der Waals surface area contributed by atoms with Gasteiger partial charge >= 0.3 is 5.97 Å². The fourth-order valence-corrected chi connectivity index (χ4v) is 9.20. The predicted molar refractivity (Wildman–Crippen MR) is 105 cm³/mol. The molecule has 0 unspecified atom stereocenters. The van der Waals surface area contributed by atoms with Gasteiger partial charge in [-0.2, -0.15) is 0 Å². The van der Waals surface area contributed by atoms with Crippen LogP contribution in [0.2, 0.25) is 0 Å². The van der Waals surface area contributed by atoms with Gasteiger partial charge in [0, 0.05) is 11.3 Å². The van der Waals surface area contributed by atoms with E-state index in [1.165, 1.54) is 19.3 Å². The average Bonchev–Trinajstić information content (AvgIpc) is 2.83. The van der Waals surface area contributed by atoms with E-state index in [-0.39, 0.29) is 29.5 Å². The summed E-state index contributed by atoms with van der Waals surface area (Å²) in [6, 6.07) is 0. The molecule has 5 fully saturated rings. The summed E-state index contributed by atoms with van der Waals surface area (Å²) < 4.78 is 6.77. The molecule has 4 N–H and O–H groups in total. The lowest BCUT2D eigenvalue weighted by Crippen LogP contribution is -2.68. The monoisotopic (exact) mass is 391 g/mol. The highest BCUT2D eigenvalue weighted by Gasteiger charge is 2.72. The molecule has 2 bridgehead atoms. The molecule has 5 heteroatoms. The molecule has 0 aromatic carbocycles. The maximum Gasteiger partial charge on any atom is 0.303 e. The van der Waals surface area contributed by atoms with Gasteiger partial charge in [-0.25, -0.2) is 0 Å². The fourth-order valence-electron chi connectivity index (χ4n) is 9.20. The number of aliphatic hydroxyl groups excluding tert-OH is 1. The van der Waals surface area contributed by atoms with Gasteiger partial charge in [-0.1, -0.05) is 13.8 Å². The smallest absolute Gasteiger partial charge is 0.303 e. The number of ether oxygens (including phenoxy) is 1. The molecule has 0 radical (unpaired) electrons. The van der Waals surface area contributed by atoms with Crippen LogP contribution in [0, 0.1) is 40.4 Å². The zero-order valence-corrected chi connectivity index (χ0v) is 17.4. The second-order valence-corrected chi connectivity index (χ2v) is 11.3. The van der Waals surface area contributed by atoms with Gasteiger partial charge in [0.1, 0.15) is 6.23 Å². The van der Waals surface area contributed by atoms with E-state index in [2.05, 4.69) is 13.8 Å². The van der Waals surface area contributed by atoms with E-state index in [4.69, 9.17) is 10.5 Å². The minimum Gasteiger partial charge on any atom is -0.481 e. The number of carbonyl (C=O) groups is 1. The van der Waals surface area contributed by atoms with Gasteiger partial charge in [-0.3, -0.25) is 4.79 Å². The summed E-state index contributed by atoms with van der Waals surface area (Å²) >= 11 is 0. The first-order valence-electron chi connectivity index (χ1n) is 11.5. The van der Waals surface area contributed by atoms with Crippen molar-refractivity contribution in [2.24, 2.45) is 46.2 Å². The number of carboxylic acids is 1. The first-order valence-corrected chi connectivity index (χ1v) is 11.5. The Hall–Kier alpha value is -0.650. The molecule has 5 rings (SSSR count). The zero-order chi connectivity index (χ0) is 19.9. The van der Waals surface area contributed by atoms with Gasteiger partial charge in [0.15, 0.2) is 0 Å². The third-order valence-electron chi connectivity index (χ3n) is 10.5. The third kappa shape index (κ3) is 2.33. The van der Waals surface area contributed by atoms with E-state index in [0.29, 0.717) is 29.1 Å². The van der Waals surface area contributed by atoms with Gasteiger partial charge in [-0.15, -0.1) is 0 Å². The Morgan fingerprint density at radius 1 is 1.04 bits per heavy atom. The Morgan fingerprint density at radius 2 is 1.79 bits per heavy atom. The molecule has 1 aliphatic heterocycles. The number of aliphatic carboxylic acids is 1. The SMILES string of the molecule is C[C@]12CC[C@H](O)C[C@H]1CC[C@@H]1[C@@H]2CC[C@]2(C)[C@@H]3CC[C@]12O[C@@H](N)[C@H]3CC(=O)O. The van der Waals surface area contributed by atoms with Crippen molar-refractivity contribution in [2.45, 2.75) is 96.0 Å². The summed E-state index contributed by atoms with van der Waals surface area (Å²) in [4.78, 5) is 11.5. The maximum absolute atomic E-state index is 11.5. The Bertz CT molecular complexity index is 669. The highest BCUT2D eigenvalue weighted by molar-refractivity contribution is 5.67. The Kier molecular flexibility index (Phi) is 4.26. The summed E-state index contributed by atoms with van der Waals surface area (Å²) in [6.07, 6.45) is 9.42. The first kappa shape index (κ1) is 19.3. The number of fused-ring (bicyclic) bond motifs is 3. The predicted octanol–water partition coefficient (Wildman–Crippen LogP) is 3.53. The number of hydrogen-bond donors (Lipinski definition) is 3. The molecular weight excluding hydrogens is 354 g/mol.